The molecule has 1 N–H and O–H groups in total. The average molecular weight is 278 g/mol. The SMILES string of the molecule is CC1C(=O)NC2(CCCC2)C(=O)N1CCC1CCCC1. The maximum atomic E-state index is 12.8. The molecule has 1 spiro atoms. The number of amides is 2. The van der Waals surface area contributed by atoms with Crippen molar-refractivity contribution in [3.8, 4) is 0 Å². The zero-order valence-corrected chi connectivity index (χ0v) is 12.5. The van der Waals surface area contributed by atoms with Gasteiger partial charge in [0.1, 0.15) is 11.6 Å². The maximum Gasteiger partial charge on any atom is 0.248 e. The summed E-state index contributed by atoms with van der Waals surface area (Å²) in [6.45, 7) is 2.63. The Bertz CT molecular complexity index is 395. The molecule has 20 heavy (non-hydrogen) atoms. The van der Waals surface area contributed by atoms with Crippen molar-refractivity contribution >= 4 is 11.8 Å². The minimum absolute atomic E-state index is 0.0397. The van der Waals surface area contributed by atoms with Crippen LogP contribution in [0.1, 0.15) is 64.7 Å². The Morgan fingerprint density at radius 2 is 1.80 bits per heavy atom. The minimum atomic E-state index is -0.556. The minimum Gasteiger partial charge on any atom is -0.340 e. The van der Waals surface area contributed by atoms with Gasteiger partial charge in [0, 0.05) is 6.54 Å². The maximum absolute atomic E-state index is 12.8. The van der Waals surface area contributed by atoms with E-state index in [9.17, 15) is 9.59 Å². The van der Waals surface area contributed by atoms with Gasteiger partial charge in [-0.1, -0.05) is 38.5 Å². The van der Waals surface area contributed by atoms with Gasteiger partial charge in [0.25, 0.3) is 0 Å². The van der Waals surface area contributed by atoms with Crippen molar-refractivity contribution in [3.05, 3.63) is 0 Å². The van der Waals surface area contributed by atoms with E-state index in [4.69, 9.17) is 0 Å². The molecule has 2 saturated carbocycles. The second kappa shape index (κ2) is 5.38. The predicted molar refractivity (Wildman–Crippen MR) is 77.1 cm³/mol. The van der Waals surface area contributed by atoms with E-state index in [1.165, 1.54) is 25.7 Å². The van der Waals surface area contributed by atoms with Crippen molar-refractivity contribution in [2.75, 3.05) is 6.54 Å². The highest BCUT2D eigenvalue weighted by molar-refractivity contribution is 5.99. The lowest BCUT2D eigenvalue weighted by Gasteiger charge is -2.43. The van der Waals surface area contributed by atoms with E-state index in [0.717, 1.165) is 44.6 Å². The summed E-state index contributed by atoms with van der Waals surface area (Å²) in [5, 5.41) is 3.02. The zero-order valence-electron chi connectivity index (χ0n) is 12.5. The molecule has 4 heteroatoms. The molecule has 4 nitrogen and oxygen atoms in total. The highest BCUT2D eigenvalue weighted by atomic mass is 16.2. The standard InChI is InChI=1S/C16H26N2O2/c1-12-14(19)17-16(9-4-5-10-16)15(20)18(12)11-8-13-6-2-3-7-13/h12-13H,2-11H2,1H3,(H,17,19). The number of carbonyl (C=O) groups is 2. The second-order valence-corrected chi connectivity index (χ2v) is 6.89. The summed E-state index contributed by atoms with van der Waals surface area (Å²) < 4.78 is 0. The quantitative estimate of drug-likeness (QED) is 0.860. The van der Waals surface area contributed by atoms with Crippen LogP contribution in [0.3, 0.4) is 0 Å². The van der Waals surface area contributed by atoms with Crippen LogP contribution in [0.5, 0.6) is 0 Å². The Labute approximate surface area is 121 Å². The van der Waals surface area contributed by atoms with Crippen LogP contribution in [0, 0.1) is 5.92 Å². The summed E-state index contributed by atoms with van der Waals surface area (Å²) in [5.41, 5.74) is -0.556. The zero-order chi connectivity index (χ0) is 14.2. The van der Waals surface area contributed by atoms with E-state index < -0.39 is 5.54 Å². The number of nitrogens with one attached hydrogen (secondary N) is 1. The number of nitrogens with zero attached hydrogens (tertiary/aromatic N) is 1. The number of hydrogen-bond acceptors (Lipinski definition) is 2. The first-order chi connectivity index (χ1) is 9.62. The molecule has 1 atom stereocenters. The predicted octanol–water partition coefficient (Wildman–Crippen LogP) is 2.23. The first kappa shape index (κ1) is 13.9. The molecule has 3 rings (SSSR count). The van der Waals surface area contributed by atoms with E-state index in [0.29, 0.717) is 0 Å². The van der Waals surface area contributed by atoms with Gasteiger partial charge in [-0.15, -0.1) is 0 Å². The van der Waals surface area contributed by atoms with Gasteiger partial charge in [0.2, 0.25) is 11.8 Å². The van der Waals surface area contributed by atoms with Crippen molar-refractivity contribution in [1.29, 1.82) is 0 Å². The highest BCUT2D eigenvalue weighted by Gasteiger charge is 2.50. The van der Waals surface area contributed by atoms with Crippen LogP contribution in [0.15, 0.2) is 0 Å². The molecular weight excluding hydrogens is 252 g/mol. The van der Waals surface area contributed by atoms with Gasteiger partial charge >= 0.3 is 0 Å². The molecule has 1 saturated heterocycles. The van der Waals surface area contributed by atoms with E-state index >= 15 is 0 Å². The molecule has 0 aromatic heterocycles. The van der Waals surface area contributed by atoms with Gasteiger partial charge < -0.3 is 10.2 Å². The van der Waals surface area contributed by atoms with Gasteiger partial charge in [-0.25, -0.2) is 0 Å². The summed E-state index contributed by atoms with van der Waals surface area (Å²) in [6.07, 6.45) is 10.1. The molecule has 0 aromatic rings. The molecule has 0 bridgehead atoms. The van der Waals surface area contributed by atoms with E-state index in [1.54, 1.807) is 0 Å². The first-order valence-electron chi connectivity index (χ1n) is 8.25. The van der Waals surface area contributed by atoms with Crippen molar-refractivity contribution < 1.29 is 9.59 Å². The van der Waals surface area contributed by atoms with Crippen LogP contribution in [0.25, 0.3) is 0 Å². The van der Waals surface area contributed by atoms with Crippen molar-refractivity contribution in [3.63, 3.8) is 0 Å². The van der Waals surface area contributed by atoms with Gasteiger partial charge in [-0.2, -0.15) is 0 Å². The van der Waals surface area contributed by atoms with Crippen molar-refractivity contribution in [1.82, 2.24) is 10.2 Å². The third-order valence-corrected chi connectivity index (χ3v) is 5.59. The molecule has 2 amide bonds. The number of piperazine rings is 1. The second-order valence-electron chi connectivity index (χ2n) is 6.89. The lowest BCUT2D eigenvalue weighted by Crippen LogP contribution is -2.68. The van der Waals surface area contributed by atoms with E-state index in [1.807, 2.05) is 11.8 Å². The molecule has 1 aliphatic heterocycles. The molecule has 0 radical (unpaired) electrons. The number of hydrogen-bond donors (Lipinski definition) is 1. The summed E-state index contributed by atoms with van der Waals surface area (Å²) in [4.78, 5) is 26.9. The Kier molecular flexibility index (Phi) is 3.74. The first-order valence-corrected chi connectivity index (χ1v) is 8.25. The molecule has 1 unspecified atom stereocenters. The van der Waals surface area contributed by atoms with Crippen LogP contribution >= 0.6 is 0 Å². The number of carbonyl (C=O) groups excluding carboxylic acids is 2. The molecule has 1 heterocycles. The largest absolute Gasteiger partial charge is 0.340 e. The normalized spacial score (nSPS) is 30.2. The van der Waals surface area contributed by atoms with Crippen LogP contribution < -0.4 is 5.32 Å². The fourth-order valence-electron chi connectivity index (χ4n) is 4.22. The van der Waals surface area contributed by atoms with Gasteiger partial charge in [0.15, 0.2) is 0 Å². The summed E-state index contributed by atoms with van der Waals surface area (Å²) in [6, 6.07) is -0.296. The summed E-state index contributed by atoms with van der Waals surface area (Å²) >= 11 is 0. The van der Waals surface area contributed by atoms with Crippen LogP contribution in [0.4, 0.5) is 0 Å². The van der Waals surface area contributed by atoms with Crippen LogP contribution in [-0.4, -0.2) is 34.8 Å². The molecule has 3 aliphatic rings. The summed E-state index contributed by atoms with van der Waals surface area (Å²) in [5.74, 6) is 0.984. The Morgan fingerprint density at radius 3 is 2.45 bits per heavy atom. The number of rotatable bonds is 3. The Hall–Kier alpha value is -1.06. The third kappa shape index (κ3) is 2.33. The van der Waals surface area contributed by atoms with Gasteiger partial charge in [-0.3, -0.25) is 9.59 Å². The lowest BCUT2D eigenvalue weighted by atomic mass is 9.90. The lowest BCUT2D eigenvalue weighted by molar-refractivity contribution is -0.154. The van der Waals surface area contributed by atoms with E-state index in [2.05, 4.69) is 5.32 Å². The Balaban J connectivity index is 1.69. The van der Waals surface area contributed by atoms with Crippen LogP contribution in [0.2, 0.25) is 0 Å². The fraction of sp³-hybridized carbons (Fsp3) is 0.875. The topological polar surface area (TPSA) is 49.4 Å². The molecule has 2 aliphatic carbocycles. The Morgan fingerprint density at radius 1 is 1.15 bits per heavy atom. The molecule has 112 valence electrons. The van der Waals surface area contributed by atoms with Crippen molar-refractivity contribution in [2.24, 2.45) is 5.92 Å². The smallest absolute Gasteiger partial charge is 0.248 e. The fourth-order valence-corrected chi connectivity index (χ4v) is 4.22. The van der Waals surface area contributed by atoms with Gasteiger partial charge in [-0.05, 0) is 32.1 Å². The highest BCUT2D eigenvalue weighted by Crippen LogP contribution is 2.35. The van der Waals surface area contributed by atoms with E-state index in [-0.39, 0.29) is 17.9 Å². The molecule has 0 aromatic carbocycles. The van der Waals surface area contributed by atoms with Crippen molar-refractivity contribution in [2.45, 2.75) is 76.3 Å². The van der Waals surface area contributed by atoms with Crippen LogP contribution in [-0.2, 0) is 9.59 Å². The summed E-state index contributed by atoms with van der Waals surface area (Å²) in [7, 11) is 0. The molecular formula is C16H26N2O2. The third-order valence-electron chi connectivity index (χ3n) is 5.59. The molecule has 3 fully saturated rings. The van der Waals surface area contributed by atoms with Gasteiger partial charge in [0.05, 0.1) is 0 Å². The monoisotopic (exact) mass is 278 g/mol. The average Bonchev–Trinajstić information content (AvgIpc) is 3.09.